The van der Waals surface area contributed by atoms with Gasteiger partial charge in [0, 0.05) is 48.3 Å². The largest absolute Gasteiger partial charge is 0.494 e. The Bertz CT molecular complexity index is 1360. The first-order valence-electron chi connectivity index (χ1n) is 13.4. The summed E-state index contributed by atoms with van der Waals surface area (Å²) in [5.74, 6) is 0.337. The minimum absolute atomic E-state index is 0.00118. The van der Waals surface area contributed by atoms with E-state index < -0.39 is 5.82 Å². The Morgan fingerprint density at radius 3 is 2.41 bits per heavy atom. The molecule has 2 saturated carbocycles. The van der Waals surface area contributed by atoms with Crippen molar-refractivity contribution in [3.05, 3.63) is 41.5 Å². The number of rotatable bonds is 10. The Kier molecular flexibility index (Phi) is 8.02. The molecule has 2 aromatic heterocycles. The molecule has 0 aliphatic heterocycles. The molecule has 39 heavy (non-hydrogen) atoms. The van der Waals surface area contributed by atoms with Crippen molar-refractivity contribution in [1.29, 1.82) is 0 Å². The molecule has 2 fully saturated rings. The highest BCUT2D eigenvalue weighted by Gasteiger charge is 2.28. The van der Waals surface area contributed by atoms with Crippen LogP contribution in [-0.4, -0.2) is 61.3 Å². The van der Waals surface area contributed by atoms with Gasteiger partial charge in [-0.05, 0) is 63.5 Å². The van der Waals surface area contributed by atoms with E-state index in [1.54, 1.807) is 18.3 Å². The number of aromatic amines is 1. The quantitative estimate of drug-likeness (QED) is 0.355. The van der Waals surface area contributed by atoms with Crippen LogP contribution in [0.3, 0.4) is 0 Å². The highest BCUT2D eigenvalue weighted by atomic mass is 19.1. The Hall–Kier alpha value is -3.66. The summed E-state index contributed by atoms with van der Waals surface area (Å²) in [5, 5.41) is 6.12. The summed E-state index contributed by atoms with van der Waals surface area (Å²) in [7, 11) is 2.92. The topological polar surface area (TPSA) is 115 Å². The second-order valence-electron chi connectivity index (χ2n) is 10.5. The van der Waals surface area contributed by atoms with Crippen molar-refractivity contribution in [3.63, 3.8) is 0 Å². The van der Waals surface area contributed by atoms with E-state index in [1.165, 1.54) is 20.3 Å². The SMILES string of the molecule is COCC(=O)N[C@H]1CC[C@@H](NC(=O)c2c(C)[nH]c3c(-c4cc(F)c(OC)cc4OCC4CC4)ccnc23)CC1. The number of halogens is 1. The second kappa shape index (κ2) is 11.6. The van der Waals surface area contributed by atoms with Gasteiger partial charge in [-0.2, -0.15) is 0 Å². The maximum atomic E-state index is 14.8. The number of benzene rings is 1. The standard InChI is InChI=1S/C29H35FN4O5/c1-16-26(29(36)34-19-8-6-18(7-9-19)33-25(35)15-37-2)28-27(32-16)20(10-11-31-28)21-12-22(30)24(38-3)13-23(21)39-14-17-4-5-17/h10-13,17-19,32H,4-9,14-15H2,1-3H3,(H,33,35)(H,34,36)/t18-,19+. The average molecular weight is 539 g/mol. The van der Waals surface area contributed by atoms with E-state index in [1.807, 2.05) is 6.92 Å². The molecule has 2 aliphatic rings. The first kappa shape index (κ1) is 26.9. The van der Waals surface area contributed by atoms with Crippen molar-refractivity contribution in [2.45, 2.75) is 57.5 Å². The number of H-pyrrole nitrogens is 1. The minimum atomic E-state index is -0.494. The summed E-state index contributed by atoms with van der Waals surface area (Å²) in [6.07, 6.45) is 6.97. The molecule has 2 amide bonds. The van der Waals surface area contributed by atoms with Gasteiger partial charge in [0.25, 0.3) is 5.91 Å². The smallest absolute Gasteiger partial charge is 0.255 e. The number of nitrogens with one attached hydrogen (secondary N) is 3. The van der Waals surface area contributed by atoms with Crippen LogP contribution in [0.25, 0.3) is 22.2 Å². The van der Waals surface area contributed by atoms with Crippen LogP contribution in [0.4, 0.5) is 4.39 Å². The summed E-state index contributed by atoms with van der Waals surface area (Å²) in [4.78, 5) is 33.1. The molecule has 5 rings (SSSR count). The van der Waals surface area contributed by atoms with Gasteiger partial charge in [-0.3, -0.25) is 14.6 Å². The van der Waals surface area contributed by atoms with Crippen molar-refractivity contribution in [2.75, 3.05) is 27.4 Å². The van der Waals surface area contributed by atoms with E-state index in [2.05, 4.69) is 20.6 Å². The van der Waals surface area contributed by atoms with Crippen LogP contribution in [-0.2, 0) is 9.53 Å². The van der Waals surface area contributed by atoms with Gasteiger partial charge < -0.3 is 29.8 Å². The fourth-order valence-electron chi connectivity index (χ4n) is 5.26. The molecule has 3 N–H and O–H groups in total. The zero-order valence-electron chi connectivity index (χ0n) is 22.6. The van der Waals surface area contributed by atoms with Crippen LogP contribution in [0.5, 0.6) is 11.5 Å². The van der Waals surface area contributed by atoms with Gasteiger partial charge in [-0.15, -0.1) is 0 Å². The number of ether oxygens (including phenoxy) is 3. The first-order valence-corrected chi connectivity index (χ1v) is 13.4. The summed E-state index contributed by atoms with van der Waals surface area (Å²) in [6.45, 7) is 2.44. The van der Waals surface area contributed by atoms with Gasteiger partial charge >= 0.3 is 0 Å². The number of aryl methyl sites for hydroxylation is 1. The first-order chi connectivity index (χ1) is 18.9. The van der Waals surface area contributed by atoms with Crippen molar-refractivity contribution < 1.29 is 28.2 Å². The van der Waals surface area contributed by atoms with Crippen LogP contribution in [0.15, 0.2) is 24.4 Å². The second-order valence-corrected chi connectivity index (χ2v) is 10.5. The van der Waals surface area contributed by atoms with E-state index in [0.29, 0.717) is 51.7 Å². The zero-order valence-corrected chi connectivity index (χ0v) is 22.6. The number of hydrogen-bond acceptors (Lipinski definition) is 6. The summed E-state index contributed by atoms with van der Waals surface area (Å²) >= 11 is 0. The number of methoxy groups -OCH3 is 2. The molecule has 0 spiro atoms. The fraction of sp³-hybridized carbons (Fsp3) is 0.483. The molecule has 10 heteroatoms. The van der Waals surface area contributed by atoms with Crippen LogP contribution in [0, 0.1) is 18.7 Å². The number of fused-ring (bicyclic) bond motifs is 1. The zero-order chi connectivity index (χ0) is 27.5. The minimum Gasteiger partial charge on any atom is -0.494 e. The monoisotopic (exact) mass is 538 g/mol. The number of carbonyl (C=O) groups is 2. The molecule has 208 valence electrons. The maximum absolute atomic E-state index is 14.8. The molecule has 3 aromatic rings. The third-order valence-corrected chi connectivity index (χ3v) is 7.52. The molecule has 1 aromatic carbocycles. The number of amides is 2. The molecular weight excluding hydrogens is 503 g/mol. The molecule has 2 aliphatic carbocycles. The lowest BCUT2D eigenvalue weighted by Gasteiger charge is -2.29. The van der Waals surface area contributed by atoms with Gasteiger partial charge in [-0.25, -0.2) is 4.39 Å². The third kappa shape index (κ3) is 6.00. The maximum Gasteiger partial charge on any atom is 0.255 e. The summed E-state index contributed by atoms with van der Waals surface area (Å²) in [5.41, 5.74) is 3.58. The van der Waals surface area contributed by atoms with E-state index in [-0.39, 0.29) is 36.3 Å². The van der Waals surface area contributed by atoms with Gasteiger partial charge in [0.2, 0.25) is 5.91 Å². The van der Waals surface area contributed by atoms with Crippen LogP contribution < -0.4 is 20.1 Å². The number of aromatic nitrogens is 2. The molecule has 0 atom stereocenters. The van der Waals surface area contributed by atoms with Crippen LogP contribution >= 0.6 is 0 Å². The van der Waals surface area contributed by atoms with Gasteiger partial charge in [0.15, 0.2) is 11.6 Å². The highest BCUT2D eigenvalue weighted by Crippen LogP contribution is 2.40. The fourth-order valence-corrected chi connectivity index (χ4v) is 5.26. The van der Waals surface area contributed by atoms with Crippen molar-refractivity contribution in [3.8, 4) is 22.6 Å². The Labute approximate surface area is 226 Å². The molecule has 0 unspecified atom stereocenters. The normalized spacial score (nSPS) is 19.1. The molecule has 0 bridgehead atoms. The Balaban J connectivity index is 1.37. The third-order valence-electron chi connectivity index (χ3n) is 7.52. The van der Waals surface area contributed by atoms with Crippen molar-refractivity contribution in [2.24, 2.45) is 5.92 Å². The lowest BCUT2D eigenvalue weighted by atomic mass is 9.91. The van der Waals surface area contributed by atoms with Crippen LogP contribution in [0.1, 0.15) is 54.6 Å². The lowest BCUT2D eigenvalue weighted by molar-refractivity contribution is -0.125. The van der Waals surface area contributed by atoms with E-state index >= 15 is 0 Å². The highest BCUT2D eigenvalue weighted by molar-refractivity contribution is 6.09. The molecule has 2 heterocycles. The summed E-state index contributed by atoms with van der Waals surface area (Å²) < 4.78 is 31.0. The van der Waals surface area contributed by atoms with Crippen LogP contribution in [0.2, 0.25) is 0 Å². The predicted octanol–water partition coefficient (Wildman–Crippen LogP) is 4.28. The number of carbonyl (C=O) groups excluding carboxylic acids is 2. The van der Waals surface area contributed by atoms with Crippen molar-refractivity contribution in [1.82, 2.24) is 20.6 Å². The average Bonchev–Trinajstić information content (AvgIpc) is 3.68. The molecular formula is C29H35FN4O5. The van der Waals surface area contributed by atoms with E-state index in [9.17, 15) is 14.0 Å². The number of hydrogen-bond donors (Lipinski definition) is 3. The van der Waals surface area contributed by atoms with Gasteiger partial charge in [0.05, 0.1) is 24.8 Å². The predicted molar refractivity (Wildman–Crippen MR) is 145 cm³/mol. The number of nitrogens with zero attached hydrogens (tertiary/aromatic N) is 1. The van der Waals surface area contributed by atoms with Gasteiger partial charge in [-0.1, -0.05) is 0 Å². The molecule has 0 radical (unpaired) electrons. The number of pyridine rings is 1. The van der Waals surface area contributed by atoms with E-state index in [4.69, 9.17) is 14.2 Å². The Morgan fingerprint density at radius 1 is 1.03 bits per heavy atom. The van der Waals surface area contributed by atoms with E-state index in [0.717, 1.165) is 38.5 Å². The molecule has 0 saturated heterocycles. The lowest BCUT2D eigenvalue weighted by Crippen LogP contribution is -2.44. The van der Waals surface area contributed by atoms with Gasteiger partial charge in [0.1, 0.15) is 17.9 Å². The van der Waals surface area contributed by atoms with Crippen molar-refractivity contribution >= 4 is 22.8 Å². The summed E-state index contributed by atoms with van der Waals surface area (Å²) in [6, 6.07) is 4.87. The Morgan fingerprint density at radius 2 is 1.74 bits per heavy atom. The molecule has 9 nitrogen and oxygen atoms in total.